The Hall–Kier alpha value is -2.25. The van der Waals surface area contributed by atoms with E-state index in [1.54, 1.807) is 18.2 Å². The standard InChI is InChI=1S/C17H19ClN2O4S/c1-2-13-6-3-4-9-16(13)24-25(22,23)15-8-5-7-14(12-15)20-17(21)19-11-10-18/h3-9,12H,2,10-11H2,1H3,(H2,19,20,21). The van der Waals surface area contributed by atoms with Crippen LogP contribution in [0.15, 0.2) is 53.4 Å². The molecular formula is C17H19ClN2O4S. The number of alkyl halides is 1. The van der Waals surface area contributed by atoms with Gasteiger partial charge in [0.05, 0.1) is 0 Å². The highest BCUT2D eigenvalue weighted by Crippen LogP contribution is 2.24. The molecular weight excluding hydrogens is 364 g/mol. The van der Waals surface area contributed by atoms with E-state index in [0.29, 0.717) is 24.4 Å². The van der Waals surface area contributed by atoms with Crippen LogP contribution in [0.5, 0.6) is 5.75 Å². The first-order chi connectivity index (χ1) is 12.0. The van der Waals surface area contributed by atoms with Gasteiger partial charge in [0.1, 0.15) is 10.6 Å². The minimum Gasteiger partial charge on any atom is -0.379 e. The van der Waals surface area contributed by atoms with Gasteiger partial charge in [-0.05, 0) is 36.2 Å². The van der Waals surface area contributed by atoms with Crippen molar-refractivity contribution < 1.29 is 17.4 Å². The van der Waals surface area contributed by atoms with Crippen LogP contribution >= 0.6 is 11.6 Å². The quantitative estimate of drug-likeness (QED) is 0.568. The van der Waals surface area contributed by atoms with Gasteiger partial charge in [-0.1, -0.05) is 31.2 Å². The molecule has 0 aliphatic carbocycles. The molecule has 0 heterocycles. The summed E-state index contributed by atoms with van der Waals surface area (Å²) in [5.74, 6) is 0.579. The number of carbonyl (C=O) groups excluding carboxylic acids is 1. The van der Waals surface area contributed by atoms with Gasteiger partial charge in [-0.15, -0.1) is 11.6 Å². The molecule has 2 amide bonds. The van der Waals surface area contributed by atoms with Crippen molar-refractivity contribution in [1.82, 2.24) is 5.32 Å². The summed E-state index contributed by atoms with van der Waals surface area (Å²) in [6.07, 6.45) is 0.647. The molecule has 2 aromatic carbocycles. The van der Waals surface area contributed by atoms with Crippen LogP contribution in [-0.2, 0) is 16.5 Å². The summed E-state index contributed by atoms with van der Waals surface area (Å²) in [6.45, 7) is 2.22. The molecule has 0 atom stereocenters. The number of para-hydroxylation sites is 1. The van der Waals surface area contributed by atoms with E-state index in [9.17, 15) is 13.2 Å². The Bertz CT molecular complexity index is 840. The Morgan fingerprint density at radius 1 is 1.16 bits per heavy atom. The molecule has 0 aliphatic rings. The van der Waals surface area contributed by atoms with E-state index < -0.39 is 16.1 Å². The van der Waals surface area contributed by atoms with Crippen molar-refractivity contribution in [3.63, 3.8) is 0 Å². The molecule has 8 heteroatoms. The Morgan fingerprint density at radius 2 is 1.92 bits per heavy atom. The summed E-state index contributed by atoms with van der Waals surface area (Å²) in [5, 5.41) is 5.08. The molecule has 0 radical (unpaired) electrons. The van der Waals surface area contributed by atoms with Crippen LogP contribution in [0.2, 0.25) is 0 Å². The average molecular weight is 383 g/mol. The van der Waals surface area contributed by atoms with E-state index in [-0.39, 0.29) is 10.8 Å². The van der Waals surface area contributed by atoms with Crippen molar-refractivity contribution in [2.75, 3.05) is 17.7 Å². The molecule has 0 bridgehead atoms. The fourth-order valence-corrected chi connectivity index (χ4v) is 3.22. The molecule has 0 fully saturated rings. The molecule has 134 valence electrons. The largest absolute Gasteiger partial charge is 0.379 e. The van der Waals surface area contributed by atoms with Gasteiger partial charge < -0.3 is 14.8 Å². The first kappa shape index (κ1) is 19.1. The van der Waals surface area contributed by atoms with Crippen molar-refractivity contribution in [3.8, 4) is 5.75 Å². The summed E-state index contributed by atoms with van der Waals surface area (Å²) in [7, 11) is -4.01. The zero-order chi connectivity index (χ0) is 18.3. The predicted octanol–water partition coefficient (Wildman–Crippen LogP) is 3.38. The molecule has 6 nitrogen and oxygen atoms in total. The fraction of sp³-hybridized carbons (Fsp3) is 0.235. The lowest BCUT2D eigenvalue weighted by Crippen LogP contribution is -2.30. The summed E-state index contributed by atoms with van der Waals surface area (Å²) < 4.78 is 30.3. The third-order valence-electron chi connectivity index (χ3n) is 3.31. The predicted molar refractivity (Wildman–Crippen MR) is 97.8 cm³/mol. The molecule has 0 saturated heterocycles. The highest BCUT2D eigenvalue weighted by molar-refractivity contribution is 7.87. The number of halogens is 1. The smallest absolute Gasteiger partial charge is 0.339 e. The van der Waals surface area contributed by atoms with E-state index in [2.05, 4.69) is 10.6 Å². The Morgan fingerprint density at radius 3 is 2.64 bits per heavy atom. The van der Waals surface area contributed by atoms with Crippen LogP contribution in [0, 0.1) is 0 Å². The molecule has 2 rings (SSSR count). The normalized spacial score (nSPS) is 11.0. The highest BCUT2D eigenvalue weighted by Gasteiger charge is 2.19. The Balaban J connectivity index is 2.19. The van der Waals surface area contributed by atoms with Crippen molar-refractivity contribution in [3.05, 3.63) is 54.1 Å². The molecule has 0 unspecified atom stereocenters. The first-order valence-corrected chi connectivity index (χ1v) is 9.64. The van der Waals surface area contributed by atoms with Crippen LogP contribution in [-0.4, -0.2) is 26.9 Å². The van der Waals surface area contributed by atoms with Gasteiger partial charge in [-0.2, -0.15) is 8.42 Å². The molecule has 0 spiro atoms. The van der Waals surface area contributed by atoms with Crippen molar-refractivity contribution in [1.29, 1.82) is 0 Å². The van der Waals surface area contributed by atoms with E-state index in [1.807, 2.05) is 19.1 Å². The zero-order valence-electron chi connectivity index (χ0n) is 13.7. The molecule has 0 aromatic heterocycles. The number of rotatable bonds is 7. The maximum absolute atomic E-state index is 12.5. The molecule has 0 aliphatic heterocycles. The van der Waals surface area contributed by atoms with Gasteiger partial charge in [0.2, 0.25) is 0 Å². The van der Waals surface area contributed by atoms with E-state index in [0.717, 1.165) is 5.56 Å². The van der Waals surface area contributed by atoms with E-state index in [4.69, 9.17) is 15.8 Å². The average Bonchev–Trinajstić information content (AvgIpc) is 2.60. The van der Waals surface area contributed by atoms with Crippen molar-refractivity contribution >= 4 is 33.4 Å². The van der Waals surface area contributed by atoms with E-state index >= 15 is 0 Å². The van der Waals surface area contributed by atoms with Gasteiger partial charge in [0.25, 0.3) is 0 Å². The molecule has 2 aromatic rings. The number of nitrogens with one attached hydrogen (secondary N) is 2. The second-order valence-corrected chi connectivity index (χ2v) is 7.02. The summed E-state index contributed by atoms with van der Waals surface area (Å²) >= 11 is 5.50. The number of anilines is 1. The minimum absolute atomic E-state index is 0.0476. The van der Waals surface area contributed by atoms with Gasteiger partial charge in [-0.25, -0.2) is 4.79 Å². The highest BCUT2D eigenvalue weighted by atomic mass is 35.5. The Kier molecular flexibility index (Phi) is 6.66. The lowest BCUT2D eigenvalue weighted by Gasteiger charge is -2.12. The molecule has 2 N–H and O–H groups in total. The number of hydrogen-bond donors (Lipinski definition) is 2. The third-order valence-corrected chi connectivity index (χ3v) is 4.73. The number of urea groups is 1. The summed E-state index contributed by atoms with van der Waals surface area (Å²) in [4.78, 5) is 11.6. The van der Waals surface area contributed by atoms with Gasteiger partial charge in [0, 0.05) is 18.1 Å². The zero-order valence-corrected chi connectivity index (χ0v) is 15.2. The van der Waals surface area contributed by atoms with Crippen LogP contribution in [0.3, 0.4) is 0 Å². The fourth-order valence-electron chi connectivity index (χ4n) is 2.11. The minimum atomic E-state index is -4.01. The summed E-state index contributed by atoms with van der Waals surface area (Å²) in [6, 6.07) is 12.3. The van der Waals surface area contributed by atoms with Crippen LogP contribution in [0.4, 0.5) is 10.5 Å². The van der Waals surface area contributed by atoms with E-state index in [1.165, 1.54) is 18.2 Å². The van der Waals surface area contributed by atoms with Gasteiger partial charge >= 0.3 is 16.1 Å². The topological polar surface area (TPSA) is 84.5 Å². The van der Waals surface area contributed by atoms with Gasteiger partial charge in [0.15, 0.2) is 0 Å². The summed E-state index contributed by atoms with van der Waals surface area (Å²) in [5.41, 5.74) is 1.13. The van der Waals surface area contributed by atoms with Crippen molar-refractivity contribution in [2.45, 2.75) is 18.2 Å². The Labute approximate surface area is 152 Å². The first-order valence-electron chi connectivity index (χ1n) is 7.69. The molecule has 25 heavy (non-hydrogen) atoms. The second kappa shape index (κ2) is 8.73. The number of benzene rings is 2. The SMILES string of the molecule is CCc1ccccc1OS(=O)(=O)c1cccc(NC(=O)NCCCl)c1. The monoisotopic (exact) mass is 382 g/mol. The number of aryl methyl sites for hydroxylation is 1. The molecule has 0 saturated carbocycles. The lowest BCUT2D eigenvalue weighted by atomic mass is 10.1. The number of carbonyl (C=O) groups is 1. The van der Waals surface area contributed by atoms with Crippen LogP contribution in [0.1, 0.15) is 12.5 Å². The van der Waals surface area contributed by atoms with Gasteiger partial charge in [-0.3, -0.25) is 0 Å². The lowest BCUT2D eigenvalue weighted by molar-refractivity contribution is 0.252. The third kappa shape index (κ3) is 5.37. The maximum atomic E-state index is 12.5. The van der Waals surface area contributed by atoms with Crippen LogP contribution < -0.4 is 14.8 Å². The number of hydrogen-bond acceptors (Lipinski definition) is 4. The van der Waals surface area contributed by atoms with Crippen molar-refractivity contribution in [2.24, 2.45) is 0 Å². The van der Waals surface area contributed by atoms with Crippen LogP contribution in [0.25, 0.3) is 0 Å². The maximum Gasteiger partial charge on any atom is 0.339 e. The second-order valence-electron chi connectivity index (χ2n) is 5.10. The number of amides is 2.